The zero-order chi connectivity index (χ0) is 28.6. The first-order valence-corrected chi connectivity index (χ1v) is 14.5. The van der Waals surface area contributed by atoms with Crippen LogP contribution in [-0.4, -0.2) is 37.2 Å². The van der Waals surface area contributed by atoms with Crippen LogP contribution in [0.1, 0.15) is 49.6 Å². The zero-order valence-electron chi connectivity index (χ0n) is 22.4. The number of carbonyl (C=O) groups excluding carboxylic acids is 2. The predicted octanol–water partition coefficient (Wildman–Crippen LogP) is 5.74. The van der Waals surface area contributed by atoms with Crippen LogP contribution < -0.4 is 11.1 Å². The van der Waals surface area contributed by atoms with Crippen molar-refractivity contribution in [1.29, 1.82) is 0 Å². The second kappa shape index (κ2) is 11.3. The monoisotopic (exact) mass is 596 g/mol. The summed E-state index contributed by atoms with van der Waals surface area (Å²) in [5.41, 5.74) is 9.76. The summed E-state index contributed by atoms with van der Waals surface area (Å²) in [5.74, 6) is -0.497. The molecular formula is C29H30Cl2N6O2S. The number of benzene rings is 2. The molecule has 11 heteroatoms. The molecule has 2 aromatic heterocycles. The molecule has 0 radical (unpaired) electrons. The van der Waals surface area contributed by atoms with Gasteiger partial charge in [-0.1, -0.05) is 71.9 Å². The van der Waals surface area contributed by atoms with E-state index in [9.17, 15) is 9.59 Å². The third kappa shape index (κ3) is 5.64. The summed E-state index contributed by atoms with van der Waals surface area (Å²) in [5, 5.41) is 12.8. The number of rotatable bonds is 9. The molecule has 5 rings (SSSR count). The van der Waals surface area contributed by atoms with E-state index in [-0.39, 0.29) is 23.2 Å². The molecule has 2 aromatic carbocycles. The van der Waals surface area contributed by atoms with Gasteiger partial charge in [0, 0.05) is 24.5 Å². The number of nitrogens with zero attached hydrogens (tertiary/aromatic N) is 4. The maximum absolute atomic E-state index is 13.1. The normalized spacial score (nSPS) is 18.6. The Balaban J connectivity index is 1.36. The molecule has 3 N–H and O–H groups in total. The summed E-state index contributed by atoms with van der Waals surface area (Å²) in [6.07, 6.45) is 1.44. The van der Waals surface area contributed by atoms with Crippen LogP contribution in [0.25, 0.3) is 16.3 Å². The number of primary amides is 1. The molecule has 0 aliphatic heterocycles. The van der Waals surface area contributed by atoms with Crippen molar-refractivity contribution in [2.24, 2.45) is 17.1 Å². The van der Waals surface area contributed by atoms with Gasteiger partial charge < -0.3 is 11.1 Å². The van der Waals surface area contributed by atoms with Crippen LogP contribution in [-0.2, 0) is 16.0 Å². The fourth-order valence-corrected chi connectivity index (χ4v) is 6.36. The van der Waals surface area contributed by atoms with Crippen LogP contribution in [0.4, 0.5) is 0 Å². The van der Waals surface area contributed by atoms with E-state index in [4.69, 9.17) is 34.0 Å². The fraction of sp³-hybridized carbons (Fsp3) is 0.345. The lowest BCUT2D eigenvalue weighted by molar-refractivity contribution is -0.130. The van der Waals surface area contributed by atoms with Crippen LogP contribution in [0.5, 0.6) is 0 Å². The van der Waals surface area contributed by atoms with Crippen molar-refractivity contribution in [3.8, 4) is 16.3 Å². The smallest absolute Gasteiger partial charge is 0.240 e. The zero-order valence-corrected chi connectivity index (χ0v) is 24.7. The van der Waals surface area contributed by atoms with Gasteiger partial charge in [-0.05, 0) is 66.0 Å². The fourth-order valence-electron chi connectivity index (χ4n) is 5.46. The van der Waals surface area contributed by atoms with Crippen LogP contribution >= 0.6 is 34.7 Å². The standard InChI is InChI=1S/C29H30Cl2N6O2S/c1-16-27(40-36-34-16)23-15-25(37(35-23)19-9-10-21(30)22(31)14-19)20-12-18(29(20,2)3)13-26(38)33-24(28(32)39)11-17-7-5-4-6-8-17/h4-10,14-15,18,20,24H,11-13H2,1-3H3,(H2,32,39)(H,33,38)/t18-,20+,24+/m1/s1. The Bertz CT molecular complexity index is 1550. The van der Waals surface area contributed by atoms with Crippen LogP contribution in [0.3, 0.4) is 0 Å². The summed E-state index contributed by atoms with van der Waals surface area (Å²) in [7, 11) is 0. The molecule has 1 fully saturated rings. The molecule has 2 amide bonds. The number of hydrogen-bond donors (Lipinski definition) is 2. The molecule has 0 bridgehead atoms. The lowest BCUT2D eigenvalue weighted by atomic mass is 9.52. The van der Waals surface area contributed by atoms with Crippen molar-refractivity contribution >= 4 is 46.5 Å². The summed E-state index contributed by atoms with van der Waals surface area (Å²) in [6.45, 7) is 6.25. The number of hydrogen-bond acceptors (Lipinski definition) is 6. The lowest BCUT2D eigenvalue weighted by Crippen LogP contribution is -2.49. The predicted molar refractivity (Wildman–Crippen MR) is 158 cm³/mol. The van der Waals surface area contributed by atoms with Gasteiger partial charge in [0.1, 0.15) is 11.7 Å². The maximum Gasteiger partial charge on any atom is 0.240 e. The highest BCUT2D eigenvalue weighted by Crippen LogP contribution is 2.58. The molecule has 1 aliphatic carbocycles. The van der Waals surface area contributed by atoms with Crippen LogP contribution in [0, 0.1) is 18.3 Å². The van der Waals surface area contributed by atoms with Gasteiger partial charge >= 0.3 is 0 Å². The Morgan fingerprint density at radius 1 is 1.15 bits per heavy atom. The van der Waals surface area contributed by atoms with E-state index in [2.05, 4.69) is 34.8 Å². The van der Waals surface area contributed by atoms with Crippen molar-refractivity contribution in [1.82, 2.24) is 24.7 Å². The molecule has 2 heterocycles. The van der Waals surface area contributed by atoms with Crippen molar-refractivity contribution in [3.05, 3.63) is 81.6 Å². The highest BCUT2D eigenvalue weighted by molar-refractivity contribution is 7.09. The average molecular weight is 598 g/mol. The summed E-state index contributed by atoms with van der Waals surface area (Å²) >= 11 is 13.8. The summed E-state index contributed by atoms with van der Waals surface area (Å²) in [4.78, 5) is 26.1. The van der Waals surface area contributed by atoms with Gasteiger partial charge in [-0.3, -0.25) is 9.59 Å². The van der Waals surface area contributed by atoms with E-state index < -0.39 is 11.9 Å². The van der Waals surface area contributed by atoms with Crippen LogP contribution in [0.2, 0.25) is 10.0 Å². The van der Waals surface area contributed by atoms with E-state index in [1.54, 1.807) is 12.1 Å². The van der Waals surface area contributed by atoms with Crippen molar-refractivity contribution < 1.29 is 9.59 Å². The quantitative estimate of drug-likeness (QED) is 0.255. The van der Waals surface area contributed by atoms with Gasteiger partial charge in [0.25, 0.3) is 0 Å². The summed E-state index contributed by atoms with van der Waals surface area (Å²) < 4.78 is 5.98. The van der Waals surface area contributed by atoms with E-state index in [1.165, 1.54) is 11.5 Å². The number of halogens is 2. The Kier molecular flexibility index (Phi) is 7.99. The van der Waals surface area contributed by atoms with Gasteiger partial charge in [-0.2, -0.15) is 5.10 Å². The Labute approximate surface area is 247 Å². The molecular weight excluding hydrogens is 567 g/mol. The number of carbonyl (C=O) groups is 2. The minimum absolute atomic E-state index is 0.107. The van der Waals surface area contributed by atoms with E-state index in [1.807, 2.05) is 48.0 Å². The average Bonchev–Trinajstić information content (AvgIpc) is 3.54. The first-order chi connectivity index (χ1) is 19.0. The lowest BCUT2D eigenvalue weighted by Gasteiger charge is -2.52. The van der Waals surface area contributed by atoms with Crippen LogP contribution in [0.15, 0.2) is 54.6 Å². The molecule has 4 aromatic rings. The molecule has 0 unspecified atom stereocenters. The van der Waals surface area contributed by atoms with E-state index >= 15 is 0 Å². The number of nitrogens with two attached hydrogens (primary N) is 1. The minimum atomic E-state index is -0.760. The third-order valence-corrected chi connectivity index (χ3v) is 9.58. The van der Waals surface area contributed by atoms with Crippen molar-refractivity contribution in [2.75, 3.05) is 0 Å². The molecule has 40 heavy (non-hydrogen) atoms. The Morgan fingerprint density at radius 3 is 2.52 bits per heavy atom. The topological polar surface area (TPSA) is 116 Å². The first kappa shape index (κ1) is 28.3. The number of aromatic nitrogens is 4. The molecule has 208 valence electrons. The van der Waals surface area contributed by atoms with Gasteiger partial charge in [-0.15, -0.1) is 5.10 Å². The van der Waals surface area contributed by atoms with Crippen molar-refractivity contribution in [2.45, 2.75) is 52.0 Å². The largest absolute Gasteiger partial charge is 0.368 e. The molecule has 1 saturated carbocycles. The number of amides is 2. The molecule has 8 nitrogen and oxygen atoms in total. The molecule has 0 spiro atoms. The minimum Gasteiger partial charge on any atom is -0.368 e. The van der Waals surface area contributed by atoms with Gasteiger partial charge in [0.05, 0.1) is 26.3 Å². The Morgan fingerprint density at radius 2 is 1.90 bits per heavy atom. The molecule has 3 atom stereocenters. The third-order valence-electron chi connectivity index (χ3n) is 7.99. The van der Waals surface area contributed by atoms with Gasteiger partial charge in [-0.25, -0.2) is 4.68 Å². The number of aryl methyl sites for hydroxylation is 1. The van der Waals surface area contributed by atoms with Gasteiger partial charge in [0.2, 0.25) is 11.8 Å². The molecule has 1 aliphatic rings. The highest BCUT2D eigenvalue weighted by Gasteiger charge is 2.50. The van der Waals surface area contributed by atoms with Crippen molar-refractivity contribution in [3.63, 3.8) is 0 Å². The van der Waals surface area contributed by atoms with E-state index in [0.29, 0.717) is 22.9 Å². The SMILES string of the molecule is Cc1nnsc1-c1cc([C@@H]2C[C@H](CC(=O)N[C@@H](Cc3ccccc3)C(N)=O)C2(C)C)n(-c2ccc(Cl)c(Cl)c2)n1. The molecule has 0 saturated heterocycles. The second-order valence-electron chi connectivity index (χ2n) is 10.9. The maximum atomic E-state index is 13.1. The number of nitrogens with one attached hydrogen (secondary N) is 1. The first-order valence-electron chi connectivity index (χ1n) is 13.0. The van der Waals surface area contributed by atoms with E-state index in [0.717, 1.165) is 39.6 Å². The summed E-state index contributed by atoms with van der Waals surface area (Å²) in [6, 6.07) is 16.3. The Hall–Kier alpha value is -3.27. The highest BCUT2D eigenvalue weighted by atomic mass is 35.5. The second-order valence-corrected chi connectivity index (χ2v) is 12.4. The van der Waals surface area contributed by atoms with Gasteiger partial charge in [0.15, 0.2) is 0 Å².